The fourth-order valence-electron chi connectivity index (χ4n) is 3.74. The van der Waals surface area contributed by atoms with Crippen molar-refractivity contribution >= 4 is 11.3 Å². The van der Waals surface area contributed by atoms with E-state index in [4.69, 9.17) is 0 Å². The second-order valence-electron chi connectivity index (χ2n) is 5.12. The topological polar surface area (TPSA) is 12.0 Å². The minimum Gasteiger partial charge on any atom is -0.312 e. The highest BCUT2D eigenvalue weighted by atomic mass is 32.1. The Balaban J connectivity index is 1.80. The Labute approximate surface area is 95.9 Å². The van der Waals surface area contributed by atoms with E-state index in [2.05, 4.69) is 29.9 Å². The maximum absolute atomic E-state index is 3.54. The van der Waals surface area contributed by atoms with Gasteiger partial charge < -0.3 is 5.32 Å². The van der Waals surface area contributed by atoms with Crippen LogP contribution in [0, 0.1) is 17.8 Å². The predicted molar refractivity (Wildman–Crippen MR) is 65.1 cm³/mol. The first-order valence-electron chi connectivity index (χ1n) is 6.09. The molecule has 2 aliphatic rings. The van der Waals surface area contributed by atoms with Crippen molar-refractivity contribution in [2.24, 2.45) is 17.8 Å². The van der Waals surface area contributed by atoms with Crippen molar-refractivity contribution < 1.29 is 0 Å². The third-order valence-electron chi connectivity index (χ3n) is 4.38. The molecule has 0 amide bonds. The van der Waals surface area contributed by atoms with Crippen LogP contribution < -0.4 is 5.32 Å². The molecule has 2 fully saturated rings. The van der Waals surface area contributed by atoms with Crippen molar-refractivity contribution in [2.75, 3.05) is 7.05 Å². The summed E-state index contributed by atoms with van der Waals surface area (Å²) in [5.41, 5.74) is 0. The maximum atomic E-state index is 3.54. The van der Waals surface area contributed by atoms with Gasteiger partial charge >= 0.3 is 0 Å². The molecule has 1 nitrogen and oxygen atoms in total. The van der Waals surface area contributed by atoms with Gasteiger partial charge in [-0.25, -0.2) is 0 Å². The molecular weight excluding hydrogens is 202 g/mol. The molecule has 3 rings (SSSR count). The molecule has 2 aliphatic carbocycles. The highest BCUT2D eigenvalue weighted by Gasteiger charge is 2.43. The van der Waals surface area contributed by atoms with Gasteiger partial charge in [-0.3, -0.25) is 0 Å². The Hall–Kier alpha value is -0.340. The zero-order chi connectivity index (χ0) is 10.3. The van der Waals surface area contributed by atoms with Gasteiger partial charge in [-0.15, -0.1) is 11.3 Å². The summed E-state index contributed by atoms with van der Waals surface area (Å²) < 4.78 is 0. The molecular formula is C13H19NS. The van der Waals surface area contributed by atoms with E-state index in [9.17, 15) is 0 Å². The van der Waals surface area contributed by atoms with Crippen LogP contribution in [0.1, 0.15) is 36.6 Å². The van der Waals surface area contributed by atoms with Gasteiger partial charge in [-0.05, 0) is 55.5 Å². The molecule has 0 saturated heterocycles. The third-order valence-corrected chi connectivity index (χ3v) is 5.34. The van der Waals surface area contributed by atoms with Crippen molar-refractivity contribution in [1.82, 2.24) is 5.32 Å². The fraction of sp³-hybridized carbons (Fsp3) is 0.692. The summed E-state index contributed by atoms with van der Waals surface area (Å²) in [4.78, 5) is 1.54. The van der Waals surface area contributed by atoms with E-state index in [0.29, 0.717) is 6.04 Å². The lowest BCUT2D eigenvalue weighted by atomic mass is 9.83. The summed E-state index contributed by atoms with van der Waals surface area (Å²) in [7, 11) is 2.12. The van der Waals surface area contributed by atoms with Crippen molar-refractivity contribution in [2.45, 2.75) is 31.7 Å². The van der Waals surface area contributed by atoms with Crippen LogP contribution in [0.4, 0.5) is 0 Å². The number of hydrogen-bond donors (Lipinski definition) is 1. The summed E-state index contributed by atoms with van der Waals surface area (Å²) in [6, 6.07) is 5.09. The maximum Gasteiger partial charge on any atom is 0.0443 e. The van der Waals surface area contributed by atoms with Gasteiger partial charge in [-0.2, -0.15) is 0 Å². The van der Waals surface area contributed by atoms with Crippen LogP contribution >= 0.6 is 11.3 Å². The molecule has 0 spiro atoms. The van der Waals surface area contributed by atoms with Crippen LogP contribution in [0.25, 0.3) is 0 Å². The lowest BCUT2D eigenvalue weighted by molar-refractivity contribution is 0.262. The van der Waals surface area contributed by atoms with E-state index in [-0.39, 0.29) is 0 Å². The number of rotatable bonds is 3. The van der Waals surface area contributed by atoms with Crippen molar-refractivity contribution in [1.29, 1.82) is 0 Å². The Morgan fingerprint density at radius 1 is 1.40 bits per heavy atom. The minimum atomic E-state index is 0.625. The van der Waals surface area contributed by atoms with Crippen LogP contribution in [0.5, 0.6) is 0 Å². The molecule has 4 unspecified atom stereocenters. The second kappa shape index (κ2) is 3.91. The van der Waals surface area contributed by atoms with Crippen molar-refractivity contribution in [3.05, 3.63) is 22.4 Å². The van der Waals surface area contributed by atoms with Crippen LogP contribution in [0.15, 0.2) is 17.5 Å². The molecule has 1 N–H and O–H groups in total. The monoisotopic (exact) mass is 221 g/mol. The molecule has 0 radical (unpaired) electrons. The third kappa shape index (κ3) is 1.64. The zero-order valence-electron chi connectivity index (χ0n) is 9.28. The number of fused-ring (bicyclic) bond motifs is 2. The predicted octanol–water partition coefficient (Wildman–Crippen LogP) is 3.44. The Morgan fingerprint density at radius 2 is 2.33 bits per heavy atom. The standard InChI is InChI=1S/C13H19NS/c1-14-13(12-3-2-6-15-12)11-8-9-4-5-10(11)7-9/h2-3,6,9-11,13-14H,4-5,7-8H2,1H3. The zero-order valence-corrected chi connectivity index (χ0v) is 10.1. The van der Waals surface area contributed by atoms with Gasteiger partial charge in [0.2, 0.25) is 0 Å². The van der Waals surface area contributed by atoms with Crippen LogP contribution in [-0.2, 0) is 0 Å². The van der Waals surface area contributed by atoms with Gasteiger partial charge in [0.1, 0.15) is 0 Å². The largest absolute Gasteiger partial charge is 0.312 e. The molecule has 15 heavy (non-hydrogen) atoms. The van der Waals surface area contributed by atoms with E-state index in [1.807, 2.05) is 11.3 Å². The normalized spacial score (nSPS) is 35.9. The first kappa shape index (κ1) is 9.86. The summed E-state index contributed by atoms with van der Waals surface area (Å²) in [6.07, 6.45) is 5.96. The summed E-state index contributed by atoms with van der Waals surface area (Å²) in [5.74, 6) is 2.97. The molecule has 2 bridgehead atoms. The number of thiophene rings is 1. The average Bonchev–Trinajstić information content (AvgIpc) is 2.94. The highest BCUT2D eigenvalue weighted by molar-refractivity contribution is 7.10. The number of nitrogens with one attached hydrogen (secondary N) is 1. The van der Waals surface area contributed by atoms with E-state index in [1.165, 1.54) is 30.6 Å². The minimum absolute atomic E-state index is 0.625. The second-order valence-corrected chi connectivity index (χ2v) is 6.10. The van der Waals surface area contributed by atoms with E-state index >= 15 is 0 Å². The first-order chi connectivity index (χ1) is 7.38. The smallest absolute Gasteiger partial charge is 0.0443 e. The number of hydrogen-bond acceptors (Lipinski definition) is 2. The van der Waals surface area contributed by atoms with Gasteiger partial charge in [0.15, 0.2) is 0 Å². The van der Waals surface area contributed by atoms with Crippen LogP contribution in [0.3, 0.4) is 0 Å². The molecule has 1 aromatic heterocycles. The van der Waals surface area contributed by atoms with E-state index < -0.39 is 0 Å². The Bertz CT molecular complexity index is 319. The molecule has 2 heteroatoms. The first-order valence-corrected chi connectivity index (χ1v) is 6.97. The fourth-order valence-corrected chi connectivity index (χ4v) is 4.65. The van der Waals surface area contributed by atoms with Crippen molar-refractivity contribution in [3.63, 3.8) is 0 Å². The average molecular weight is 221 g/mol. The quantitative estimate of drug-likeness (QED) is 0.824. The van der Waals surface area contributed by atoms with Crippen molar-refractivity contribution in [3.8, 4) is 0 Å². The van der Waals surface area contributed by atoms with Gasteiger partial charge in [0.25, 0.3) is 0 Å². The van der Waals surface area contributed by atoms with Crippen LogP contribution in [0.2, 0.25) is 0 Å². The van der Waals surface area contributed by atoms with Gasteiger partial charge in [-0.1, -0.05) is 12.5 Å². The summed E-state index contributed by atoms with van der Waals surface area (Å²) in [6.45, 7) is 0. The Kier molecular flexibility index (Phi) is 2.57. The van der Waals surface area contributed by atoms with Crippen LogP contribution in [-0.4, -0.2) is 7.05 Å². The SMILES string of the molecule is CNC(c1cccs1)C1CC2CCC1C2. The van der Waals surface area contributed by atoms with Gasteiger partial charge in [0.05, 0.1) is 0 Å². The molecule has 4 atom stereocenters. The lowest BCUT2D eigenvalue weighted by Crippen LogP contribution is -2.28. The summed E-state index contributed by atoms with van der Waals surface area (Å²) >= 11 is 1.91. The molecule has 2 saturated carbocycles. The highest BCUT2D eigenvalue weighted by Crippen LogP contribution is 2.52. The summed E-state index contributed by atoms with van der Waals surface area (Å²) in [5, 5.41) is 5.74. The molecule has 1 heterocycles. The molecule has 0 aromatic carbocycles. The Morgan fingerprint density at radius 3 is 2.87 bits per heavy atom. The molecule has 1 aromatic rings. The molecule has 82 valence electrons. The van der Waals surface area contributed by atoms with Gasteiger partial charge in [0, 0.05) is 10.9 Å². The van der Waals surface area contributed by atoms with E-state index in [1.54, 1.807) is 0 Å². The molecule has 0 aliphatic heterocycles. The van der Waals surface area contributed by atoms with E-state index in [0.717, 1.165) is 17.8 Å². The lowest BCUT2D eigenvalue weighted by Gasteiger charge is -2.29.